The number of benzene rings is 1. The minimum absolute atomic E-state index is 0.0270. The monoisotopic (exact) mass is 249 g/mol. The van der Waals surface area contributed by atoms with E-state index in [4.69, 9.17) is 0 Å². The number of nitro groups is 1. The summed E-state index contributed by atoms with van der Waals surface area (Å²) in [5.74, 6) is -0.130. The predicted molar refractivity (Wildman–Crippen MR) is 68.4 cm³/mol. The van der Waals surface area contributed by atoms with Crippen molar-refractivity contribution in [2.45, 2.75) is 26.2 Å². The Morgan fingerprint density at radius 2 is 2.11 bits per heavy atom. The van der Waals surface area contributed by atoms with E-state index in [1.54, 1.807) is 12.1 Å². The van der Waals surface area contributed by atoms with Gasteiger partial charge in [0, 0.05) is 18.6 Å². The molecule has 18 heavy (non-hydrogen) atoms. The average Bonchev–Trinajstić information content (AvgIpc) is 2.37. The van der Waals surface area contributed by atoms with Crippen LogP contribution in [0.5, 0.6) is 0 Å². The molecule has 96 valence electrons. The SMILES string of the molecule is CCCCC(=O)N/N=C/c1ccc([N+](=O)[O-])cc1. The van der Waals surface area contributed by atoms with Crippen LogP contribution in [0.3, 0.4) is 0 Å². The zero-order valence-electron chi connectivity index (χ0n) is 10.1. The van der Waals surface area contributed by atoms with Gasteiger partial charge in [0.15, 0.2) is 0 Å². The lowest BCUT2D eigenvalue weighted by Crippen LogP contribution is -2.16. The number of unbranched alkanes of at least 4 members (excludes halogenated alkanes) is 1. The minimum atomic E-state index is -0.465. The first kappa shape index (κ1) is 13.8. The first-order valence-corrected chi connectivity index (χ1v) is 5.70. The van der Waals surface area contributed by atoms with Crippen molar-refractivity contribution in [3.63, 3.8) is 0 Å². The number of rotatable bonds is 6. The van der Waals surface area contributed by atoms with Gasteiger partial charge >= 0.3 is 0 Å². The summed E-state index contributed by atoms with van der Waals surface area (Å²) >= 11 is 0. The molecule has 1 aromatic carbocycles. The first-order valence-electron chi connectivity index (χ1n) is 5.70. The van der Waals surface area contributed by atoms with Gasteiger partial charge in [-0.15, -0.1) is 0 Å². The summed E-state index contributed by atoms with van der Waals surface area (Å²) in [5, 5.41) is 14.2. The van der Waals surface area contributed by atoms with Crippen molar-refractivity contribution in [1.82, 2.24) is 5.43 Å². The molecule has 0 unspecified atom stereocenters. The van der Waals surface area contributed by atoms with Crippen molar-refractivity contribution in [3.05, 3.63) is 39.9 Å². The van der Waals surface area contributed by atoms with Gasteiger partial charge in [-0.25, -0.2) is 5.43 Å². The molecule has 1 N–H and O–H groups in total. The second-order valence-electron chi connectivity index (χ2n) is 3.75. The first-order chi connectivity index (χ1) is 8.63. The number of carbonyl (C=O) groups is 1. The highest BCUT2D eigenvalue weighted by atomic mass is 16.6. The van der Waals surface area contributed by atoms with Crippen LogP contribution in [-0.2, 0) is 4.79 Å². The normalized spacial score (nSPS) is 10.5. The van der Waals surface area contributed by atoms with E-state index in [-0.39, 0.29) is 11.6 Å². The van der Waals surface area contributed by atoms with Crippen LogP contribution in [-0.4, -0.2) is 17.0 Å². The Hall–Kier alpha value is -2.24. The summed E-state index contributed by atoms with van der Waals surface area (Å²) in [6.45, 7) is 2.01. The van der Waals surface area contributed by atoms with E-state index in [0.717, 1.165) is 12.8 Å². The van der Waals surface area contributed by atoms with Gasteiger partial charge in [0.1, 0.15) is 0 Å². The molecule has 0 spiro atoms. The zero-order chi connectivity index (χ0) is 13.4. The maximum Gasteiger partial charge on any atom is 0.269 e. The highest BCUT2D eigenvalue weighted by Crippen LogP contribution is 2.10. The van der Waals surface area contributed by atoms with Crippen molar-refractivity contribution in [3.8, 4) is 0 Å². The van der Waals surface area contributed by atoms with Crippen LogP contribution >= 0.6 is 0 Å². The van der Waals surface area contributed by atoms with Gasteiger partial charge in [-0.3, -0.25) is 14.9 Å². The quantitative estimate of drug-likeness (QED) is 0.476. The molecule has 0 aliphatic carbocycles. The van der Waals surface area contributed by atoms with Gasteiger partial charge in [0.05, 0.1) is 11.1 Å². The number of amides is 1. The molecule has 0 saturated heterocycles. The summed E-state index contributed by atoms with van der Waals surface area (Å²) in [6, 6.07) is 5.92. The van der Waals surface area contributed by atoms with Crippen LogP contribution in [0.25, 0.3) is 0 Å². The molecule has 0 bridgehead atoms. The second-order valence-corrected chi connectivity index (χ2v) is 3.75. The molecule has 6 heteroatoms. The molecule has 0 aliphatic rings. The van der Waals surface area contributed by atoms with Crippen LogP contribution in [0, 0.1) is 10.1 Å². The van der Waals surface area contributed by atoms with Crippen LogP contribution in [0.4, 0.5) is 5.69 Å². The highest BCUT2D eigenvalue weighted by Gasteiger charge is 2.02. The van der Waals surface area contributed by atoms with E-state index >= 15 is 0 Å². The summed E-state index contributed by atoms with van der Waals surface area (Å²) in [4.78, 5) is 21.2. The molecule has 0 atom stereocenters. The lowest BCUT2D eigenvalue weighted by atomic mass is 10.2. The Bertz CT molecular complexity index is 440. The largest absolute Gasteiger partial charge is 0.273 e. The van der Waals surface area contributed by atoms with E-state index in [2.05, 4.69) is 10.5 Å². The maximum absolute atomic E-state index is 11.2. The number of carbonyl (C=O) groups excluding carboxylic acids is 1. The third-order valence-corrected chi connectivity index (χ3v) is 2.26. The van der Waals surface area contributed by atoms with E-state index in [1.807, 2.05) is 6.92 Å². The lowest BCUT2D eigenvalue weighted by molar-refractivity contribution is -0.384. The predicted octanol–water partition coefficient (Wildman–Crippen LogP) is 2.24. The lowest BCUT2D eigenvalue weighted by Gasteiger charge is -1.97. The fourth-order valence-corrected chi connectivity index (χ4v) is 1.25. The van der Waals surface area contributed by atoms with E-state index < -0.39 is 4.92 Å². The van der Waals surface area contributed by atoms with Gasteiger partial charge in [-0.1, -0.05) is 13.3 Å². The number of hydrogen-bond acceptors (Lipinski definition) is 4. The number of non-ortho nitro benzene ring substituents is 1. The smallest absolute Gasteiger partial charge is 0.269 e. The van der Waals surface area contributed by atoms with Gasteiger partial charge in [-0.05, 0) is 24.1 Å². The molecule has 0 fully saturated rings. The Morgan fingerprint density at radius 1 is 1.44 bits per heavy atom. The van der Waals surface area contributed by atoms with Gasteiger partial charge in [0.2, 0.25) is 5.91 Å². The molecule has 0 heterocycles. The molecular formula is C12H15N3O3. The number of hydrazone groups is 1. The van der Waals surface area contributed by atoms with Crippen molar-refractivity contribution >= 4 is 17.8 Å². The number of nitrogens with one attached hydrogen (secondary N) is 1. The number of nitro benzene ring substituents is 1. The molecule has 0 aliphatic heterocycles. The molecule has 1 aromatic rings. The summed E-state index contributed by atoms with van der Waals surface area (Å²) in [6.07, 6.45) is 3.69. The van der Waals surface area contributed by atoms with Gasteiger partial charge < -0.3 is 0 Å². The Morgan fingerprint density at radius 3 is 2.67 bits per heavy atom. The van der Waals surface area contributed by atoms with E-state index in [0.29, 0.717) is 12.0 Å². The molecule has 6 nitrogen and oxygen atoms in total. The maximum atomic E-state index is 11.2. The van der Waals surface area contributed by atoms with Crippen LogP contribution < -0.4 is 5.43 Å². The molecule has 0 saturated carbocycles. The van der Waals surface area contributed by atoms with Crippen molar-refractivity contribution in [2.24, 2.45) is 5.10 Å². The van der Waals surface area contributed by atoms with E-state index in [9.17, 15) is 14.9 Å². The standard InChI is InChI=1S/C12H15N3O3/c1-2-3-4-12(16)14-13-9-10-5-7-11(8-6-10)15(17)18/h5-9H,2-4H2,1H3,(H,14,16)/b13-9+. The minimum Gasteiger partial charge on any atom is -0.273 e. The van der Waals surface area contributed by atoms with Crippen LogP contribution in [0.1, 0.15) is 31.7 Å². The van der Waals surface area contributed by atoms with E-state index in [1.165, 1.54) is 18.3 Å². The molecule has 0 aromatic heterocycles. The Labute approximate surface area is 105 Å². The second kappa shape index (κ2) is 7.16. The fraction of sp³-hybridized carbons (Fsp3) is 0.333. The highest BCUT2D eigenvalue weighted by molar-refractivity contribution is 5.82. The zero-order valence-corrected chi connectivity index (χ0v) is 10.1. The van der Waals surface area contributed by atoms with Crippen LogP contribution in [0.15, 0.2) is 29.4 Å². The fourth-order valence-electron chi connectivity index (χ4n) is 1.25. The molecule has 0 radical (unpaired) electrons. The van der Waals surface area contributed by atoms with Crippen LogP contribution in [0.2, 0.25) is 0 Å². The molecule has 1 rings (SSSR count). The Kier molecular flexibility index (Phi) is 5.50. The van der Waals surface area contributed by atoms with Gasteiger partial charge in [0.25, 0.3) is 5.69 Å². The summed E-state index contributed by atoms with van der Waals surface area (Å²) < 4.78 is 0. The van der Waals surface area contributed by atoms with Crippen molar-refractivity contribution < 1.29 is 9.72 Å². The summed E-state index contributed by atoms with van der Waals surface area (Å²) in [5.41, 5.74) is 3.12. The third-order valence-electron chi connectivity index (χ3n) is 2.26. The Balaban J connectivity index is 2.47. The number of hydrogen-bond donors (Lipinski definition) is 1. The average molecular weight is 249 g/mol. The molecular weight excluding hydrogens is 234 g/mol. The van der Waals surface area contributed by atoms with Gasteiger partial charge in [-0.2, -0.15) is 5.10 Å². The van der Waals surface area contributed by atoms with Crippen molar-refractivity contribution in [2.75, 3.05) is 0 Å². The topological polar surface area (TPSA) is 84.6 Å². The number of nitrogens with zero attached hydrogens (tertiary/aromatic N) is 2. The van der Waals surface area contributed by atoms with Crippen molar-refractivity contribution in [1.29, 1.82) is 0 Å². The third kappa shape index (κ3) is 4.73. The molecule has 1 amide bonds. The summed E-state index contributed by atoms with van der Waals surface area (Å²) in [7, 11) is 0.